The summed E-state index contributed by atoms with van der Waals surface area (Å²) in [4.78, 5) is 232. The zero-order chi connectivity index (χ0) is 88.1. The molecule has 0 radical (unpaired) electrons. The molecule has 2 aromatic carbocycles. The number of hydrogen-bond donors (Lipinski definition) is 21. The van der Waals surface area contributed by atoms with E-state index in [1.54, 1.807) is 80.8 Å². The second kappa shape index (κ2) is 53.9. The summed E-state index contributed by atoms with van der Waals surface area (Å²) in [6.45, 7) is 3.38. The van der Waals surface area contributed by atoms with Crippen LogP contribution in [0.15, 0.2) is 70.6 Å². The molecule has 2 aliphatic heterocycles. The van der Waals surface area contributed by atoms with E-state index < -0.39 is 206 Å². The van der Waals surface area contributed by atoms with Crippen LogP contribution in [0, 0.1) is 5.92 Å². The summed E-state index contributed by atoms with van der Waals surface area (Å²) < 4.78 is 0. The second-order valence-corrected chi connectivity index (χ2v) is 30.7. The number of likely N-dealkylation sites (tertiary alicyclic amines) is 2. The highest BCUT2D eigenvalue weighted by atomic mass is 32.2. The third-order valence-electron chi connectivity index (χ3n) is 19.6. The average Bonchev–Trinajstić information content (AvgIpc) is 1.68. The fraction of sp³-hybridized carbons (Fsp3) is 0.610. The molecule has 12 atom stereocenters. The van der Waals surface area contributed by atoms with Crippen LogP contribution in [0.1, 0.15) is 153 Å². The van der Waals surface area contributed by atoms with Gasteiger partial charge in [-0.3, -0.25) is 86.7 Å². The van der Waals surface area contributed by atoms with Gasteiger partial charge in [-0.1, -0.05) is 74.5 Å². The number of carbonyl (C=O) groups is 16. The monoisotopic (exact) mass is 1690 g/mol. The number of nitrogens with one attached hydrogen (secondary N) is 11. The van der Waals surface area contributed by atoms with Gasteiger partial charge >= 0.3 is 0 Å². The van der Waals surface area contributed by atoms with E-state index in [0.717, 1.165) is 0 Å². The SMILES string of the molecule is CSCC[C@H](NC(=O)[C@H](CC(C)C)NC(=O)CNC(=O)[C@H](Cc1ccccc1)NC(=O)[C@H](Cc1ccccc1)NC(=O)[C@H](CCC(N)=O)NC(=O)[C@H](CCC(N)=O)NC(=O)[C@@H]1CCCN1C(=O)[C@H](CCCCN)NC(=O)[C@@H]1CCCN1C(=O)[C@@H](N)CCCN=C(N)N)C(=O)NCC(=O)N[C@@H](CCCCN)C(=O)N[C@@H](CCCN=C(N)N)C(N)=O. The molecule has 2 saturated heterocycles. The average molecular weight is 1690 g/mol. The van der Waals surface area contributed by atoms with Crippen molar-refractivity contribution >= 4 is 118 Å². The number of aliphatic imine (C=N–C) groups is 2. The number of rotatable bonds is 56. The maximum absolute atomic E-state index is 14.9. The summed E-state index contributed by atoms with van der Waals surface area (Å²) in [6.07, 6.45) is 3.66. The van der Waals surface area contributed by atoms with Crippen LogP contribution in [0.3, 0.4) is 0 Å². The maximum Gasteiger partial charge on any atom is 0.245 e. The predicted molar refractivity (Wildman–Crippen MR) is 445 cm³/mol. The molecule has 0 aliphatic carbocycles. The van der Waals surface area contributed by atoms with Crippen molar-refractivity contribution in [3.8, 4) is 0 Å². The highest BCUT2D eigenvalue weighted by Gasteiger charge is 2.43. The lowest BCUT2D eigenvalue weighted by Crippen LogP contribution is -2.60. The van der Waals surface area contributed by atoms with Crippen molar-refractivity contribution in [2.24, 2.45) is 73.2 Å². The Morgan fingerprint density at radius 1 is 0.429 bits per heavy atom. The molecule has 2 heterocycles. The van der Waals surface area contributed by atoms with Gasteiger partial charge in [0.1, 0.15) is 66.5 Å². The summed E-state index contributed by atoms with van der Waals surface area (Å²) in [5.41, 5.74) is 57.2. The van der Waals surface area contributed by atoms with Gasteiger partial charge in [-0.2, -0.15) is 11.8 Å². The van der Waals surface area contributed by atoms with Crippen molar-refractivity contribution in [2.45, 2.75) is 228 Å². The van der Waals surface area contributed by atoms with E-state index in [9.17, 15) is 76.7 Å². The highest BCUT2D eigenvalue weighted by molar-refractivity contribution is 7.98. The molecule has 42 heteroatoms. The Kier molecular flexibility index (Phi) is 45.4. The summed E-state index contributed by atoms with van der Waals surface area (Å²) in [6, 6.07) is 1.17. The van der Waals surface area contributed by atoms with Crippen molar-refractivity contribution in [3.05, 3.63) is 71.8 Å². The summed E-state index contributed by atoms with van der Waals surface area (Å²) in [5.74, 6) is -13.2. The smallest absolute Gasteiger partial charge is 0.245 e. The molecule has 0 unspecified atom stereocenters. The fourth-order valence-corrected chi connectivity index (χ4v) is 13.8. The maximum atomic E-state index is 14.9. The van der Waals surface area contributed by atoms with Gasteiger partial charge in [-0.15, -0.1) is 0 Å². The lowest BCUT2D eigenvalue weighted by atomic mass is 10.0. The number of hydrogen-bond acceptors (Lipinski definition) is 22. The van der Waals surface area contributed by atoms with Gasteiger partial charge in [0.2, 0.25) is 94.5 Å². The lowest BCUT2D eigenvalue weighted by Gasteiger charge is -2.32. The number of benzene rings is 2. The minimum absolute atomic E-state index is 0.0355. The fourth-order valence-electron chi connectivity index (χ4n) is 13.4. The largest absolute Gasteiger partial charge is 0.370 e. The van der Waals surface area contributed by atoms with Crippen molar-refractivity contribution in [3.63, 3.8) is 0 Å². The van der Waals surface area contributed by atoms with E-state index in [2.05, 4.69) is 68.5 Å². The number of carbonyl (C=O) groups excluding carboxylic acids is 16. The van der Waals surface area contributed by atoms with Crippen LogP contribution in [-0.4, -0.2) is 253 Å². The van der Waals surface area contributed by atoms with Gasteiger partial charge in [-0.05, 0) is 158 Å². The molecule has 0 spiro atoms. The second-order valence-electron chi connectivity index (χ2n) is 29.8. The van der Waals surface area contributed by atoms with Gasteiger partial charge in [-0.25, -0.2) is 0 Å². The standard InChI is InChI=1S/C77H125N25O16S/c1-45(2)40-55(70(113)96-53(32-39-119-3)65(108)90-43-62(105)92-50(23-10-12-33-78)67(110)94-49(64(83)107)25-15-36-89-77(86)87)93-63(106)44-91-66(109)56(41-46-18-6-4-7-19-46)99-71(114)57(42-47-20-8-5-9-21-47)100-69(112)51(28-30-60(81)103)95-68(111)52(29-31-61(82)104)97-72(115)59-27-17-38-102(59)75(118)54(24-11-13-34-79)98-73(116)58-26-16-37-101(58)74(117)48(80)22-14-35-88-76(84)85/h4-9,18-21,45,48-59H,10-17,22-44,78-80H2,1-3H3,(H2,81,103)(H2,82,104)(H2,83,107)(H,90,108)(H,91,109)(H,92,105)(H,93,106)(H,94,110)(H,95,111)(H,96,113)(H,97,115)(H,98,116)(H,99,114)(H,100,112)(H4,84,85,88)(H4,86,87,89)/t48-,49-,50-,51-,52-,53-,54-,55-,56-,57-,58-,59-/m0/s1. The van der Waals surface area contributed by atoms with E-state index in [1.165, 1.54) is 21.6 Å². The van der Waals surface area contributed by atoms with Crippen LogP contribution < -0.4 is 116 Å². The Morgan fingerprint density at radius 3 is 1.26 bits per heavy atom. The Bertz CT molecular complexity index is 3760. The molecule has 119 heavy (non-hydrogen) atoms. The minimum Gasteiger partial charge on any atom is -0.370 e. The van der Waals surface area contributed by atoms with Crippen LogP contribution in [0.4, 0.5) is 0 Å². The van der Waals surface area contributed by atoms with Crippen LogP contribution in [0.2, 0.25) is 0 Å². The molecule has 660 valence electrons. The molecule has 4 rings (SSSR count). The summed E-state index contributed by atoms with van der Waals surface area (Å²) in [7, 11) is 0. The third kappa shape index (κ3) is 37.5. The molecule has 2 aromatic rings. The first kappa shape index (κ1) is 100. The molecular weight excluding hydrogens is 1560 g/mol. The number of nitrogens with zero attached hydrogens (tertiary/aromatic N) is 4. The van der Waals surface area contributed by atoms with Crippen molar-refractivity contribution in [1.29, 1.82) is 0 Å². The van der Waals surface area contributed by atoms with E-state index in [-0.39, 0.29) is 128 Å². The number of amides is 16. The number of thioether (sulfide) groups is 1. The first-order valence-corrected chi connectivity index (χ1v) is 41.6. The van der Waals surface area contributed by atoms with Crippen molar-refractivity contribution in [1.82, 2.24) is 68.3 Å². The number of nitrogens with two attached hydrogens (primary N) is 10. The molecule has 2 aliphatic rings. The van der Waals surface area contributed by atoms with Crippen molar-refractivity contribution in [2.75, 3.05) is 64.4 Å². The van der Waals surface area contributed by atoms with Gasteiger partial charge in [0.05, 0.1) is 19.1 Å². The topological polar surface area (TPSA) is 697 Å². The van der Waals surface area contributed by atoms with Gasteiger partial charge in [0, 0.05) is 51.9 Å². The van der Waals surface area contributed by atoms with Gasteiger partial charge in [0.25, 0.3) is 0 Å². The molecule has 0 aromatic heterocycles. The molecule has 16 amide bonds. The first-order valence-electron chi connectivity index (χ1n) is 40.2. The zero-order valence-electron chi connectivity index (χ0n) is 68.2. The highest BCUT2D eigenvalue weighted by Crippen LogP contribution is 2.24. The quantitative estimate of drug-likeness (QED) is 0.0166. The van der Waals surface area contributed by atoms with Crippen LogP contribution in [-0.2, 0) is 89.6 Å². The number of unbranched alkanes of at least 4 members (excludes halogenated alkanes) is 2. The Labute approximate surface area is 697 Å². The third-order valence-corrected chi connectivity index (χ3v) is 20.3. The normalized spacial score (nSPS) is 16.1. The van der Waals surface area contributed by atoms with E-state index in [1.807, 2.05) is 0 Å². The predicted octanol–water partition coefficient (Wildman–Crippen LogP) is -6.44. The van der Waals surface area contributed by atoms with E-state index in [0.29, 0.717) is 61.8 Å². The molecule has 31 N–H and O–H groups in total. The number of guanidine groups is 2. The molecule has 0 saturated carbocycles. The van der Waals surface area contributed by atoms with Gasteiger partial charge in [0.15, 0.2) is 11.9 Å². The first-order chi connectivity index (χ1) is 56.7. The zero-order valence-corrected chi connectivity index (χ0v) is 69.0. The molecule has 0 bridgehead atoms. The van der Waals surface area contributed by atoms with E-state index >= 15 is 0 Å². The van der Waals surface area contributed by atoms with Crippen molar-refractivity contribution < 1.29 is 76.7 Å². The van der Waals surface area contributed by atoms with Crippen LogP contribution >= 0.6 is 11.8 Å². The Balaban J connectivity index is 1.54. The molecule has 2 fully saturated rings. The Morgan fingerprint density at radius 2 is 0.807 bits per heavy atom. The van der Waals surface area contributed by atoms with Gasteiger partial charge < -0.3 is 126 Å². The van der Waals surface area contributed by atoms with Crippen LogP contribution in [0.5, 0.6) is 0 Å². The van der Waals surface area contributed by atoms with Crippen LogP contribution in [0.25, 0.3) is 0 Å². The molecule has 41 nitrogen and oxygen atoms in total. The minimum atomic E-state index is -1.69. The summed E-state index contributed by atoms with van der Waals surface area (Å²) >= 11 is 1.36. The molecular formula is C77H125N25O16S. The lowest BCUT2D eigenvalue weighted by molar-refractivity contribution is -0.144. The Hall–Kier alpha value is -11.3. The number of primary amides is 3. The van der Waals surface area contributed by atoms with E-state index in [4.69, 9.17) is 57.3 Å². The summed E-state index contributed by atoms with van der Waals surface area (Å²) in [5, 5.41) is 28.8.